The van der Waals surface area contributed by atoms with Crippen LogP contribution in [-0.2, 0) is 6.54 Å². The second-order valence-electron chi connectivity index (χ2n) is 5.72. The van der Waals surface area contributed by atoms with Crippen molar-refractivity contribution >= 4 is 22.1 Å². The van der Waals surface area contributed by atoms with E-state index in [0.29, 0.717) is 0 Å². The minimum atomic E-state index is 0.725. The summed E-state index contributed by atoms with van der Waals surface area (Å²) in [7, 11) is 2.15. The number of anilines is 1. The highest BCUT2D eigenvalue weighted by atomic mass is 32.1. The lowest BCUT2D eigenvalue weighted by molar-refractivity contribution is 0.582. The summed E-state index contributed by atoms with van der Waals surface area (Å²) in [4.78, 5) is 8.18. The quantitative estimate of drug-likeness (QED) is 0.758. The Labute approximate surface area is 125 Å². The van der Waals surface area contributed by atoms with Gasteiger partial charge in [0.25, 0.3) is 0 Å². The van der Waals surface area contributed by atoms with Crippen molar-refractivity contribution in [2.45, 2.75) is 40.2 Å². The molecular weight excluding hydrogens is 268 g/mol. The first-order valence-electron chi connectivity index (χ1n) is 7.49. The summed E-state index contributed by atoms with van der Waals surface area (Å²) < 4.78 is 2.22. The van der Waals surface area contributed by atoms with E-state index in [1.165, 1.54) is 12.1 Å². The Balaban J connectivity index is 2.17. The highest BCUT2D eigenvalue weighted by Crippen LogP contribution is 2.24. The molecule has 0 atom stereocenters. The van der Waals surface area contributed by atoms with Gasteiger partial charge in [-0.1, -0.05) is 20.8 Å². The molecule has 0 aliphatic heterocycles. The number of nitrogens with one attached hydrogen (secondary N) is 1. The predicted molar refractivity (Wildman–Crippen MR) is 87.8 cm³/mol. The number of fused-ring (bicyclic) bond motifs is 1. The number of hydrogen-bond acceptors (Lipinski definition) is 4. The van der Waals surface area contributed by atoms with Crippen LogP contribution >= 0.6 is 11.3 Å². The van der Waals surface area contributed by atoms with E-state index in [1.54, 1.807) is 11.3 Å². The standard InChI is InChI=1S/C15H26N4S/c1-5-7-16-11-13-14(18(4)8-6-12(2)3)17-15-19(13)9-10-20-15/h9-10,12,16H,5-8,11H2,1-4H3. The highest BCUT2D eigenvalue weighted by molar-refractivity contribution is 7.15. The zero-order chi connectivity index (χ0) is 14.5. The van der Waals surface area contributed by atoms with Gasteiger partial charge in [0.2, 0.25) is 0 Å². The van der Waals surface area contributed by atoms with Crippen molar-refractivity contribution in [3.63, 3.8) is 0 Å². The van der Waals surface area contributed by atoms with Gasteiger partial charge in [0.05, 0.1) is 5.69 Å². The lowest BCUT2D eigenvalue weighted by Crippen LogP contribution is -2.23. The van der Waals surface area contributed by atoms with Crippen LogP contribution in [-0.4, -0.2) is 29.5 Å². The van der Waals surface area contributed by atoms with Gasteiger partial charge in [-0.2, -0.15) is 0 Å². The van der Waals surface area contributed by atoms with Crippen LogP contribution in [0.3, 0.4) is 0 Å². The summed E-state index contributed by atoms with van der Waals surface area (Å²) in [5.41, 5.74) is 1.28. The van der Waals surface area contributed by atoms with Crippen LogP contribution in [0.25, 0.3) is 4.96 Å². The van der Waals surface area contributed by atoms with Crippen LogP contribution in [0, 0.1) is 5.92 Å². The van der Waals surface area contributed by atoms with Gasteiger partial charge in [-0.3, -0.25) is 4.40 Å². The van der Waals surface area contributed by atoms with Crippen LogP contribution < -0.4 is 10.2 Å². The van der Waals surface area contributed by atoms with Crippen molar-refractivity contribution in [1.29, 1.82) is 0 Å². The van der Waals surface area contributed by atoms with Gasteiger partial charge in [-0.15, -0.1) is 11.3 Å². The summed E-state index contributed by atoms with van der Waals surface area (Å²) in [6.45, 7) is 9.72. The third kappa shape index (κ3) is 3.52. The summed E-state index contributed by atoms with van der Waals surface area (Å²) in [6, 6.07) is 0. The smallest absolute Gasteiger partial charge is 0.195 e. The van der Waals surface area contributed by atoms with Gasteiger partial charge in [0.1, 0.15) is 0 Å². The first kappa shape index (κ1) is 15.3. The molecule has 0 spiro atoms. The Morgan fingerprint density at radius 1 is 1.45 bits per heavy atom. The molecule has 0 amide bonds. The number of nitrogens with zero attached hydrogens (tertiary/aromatic N) is 3. The summed E-state index contributed by atoms with van der Waals surface area (Å²) in [6.07, 6.45) is 4.48. The molecular formula is C15H26N4S. The molecule has 0 saturated heterocycles. The third-order valence-electron chi connectivity index (χ3n) is 3.46. The second-order valence-corrected chi connectivity index (χ2v) is 6.59. The van der Waals surface area contributed by atoms with E-state index in [0.717, 1.165) is 42.8 Å². The molecule has 0 bridgehead atoms. The zero-order valence-corrected chi connectivity index (χ0v) is 13.8. The summed E-state index contributed by atoms with van der Waals surface area (Å²) in [5, 5.41) is 5.60. The molecule has 20 heavy (non-hydrogen) atoms. The van der Waals surface area contributed by atoms with Crippen LogP contribution in [0.15, 0.2) is 11.6 Å². The molecule has 112 valence electrons. The fraction of sp³-hybridized carbons (Fsp3) is 0.667. The molecule has 0 radical (unpaired) electrons. The lowest BCUT2D eigenvalue weighted by Gasteiger charge is -2.19. The van der Waals surface area contributed by atoms with E-state index in [9.17, 15) is 0 Å². The van der Waals surface area contributed by atoms with E-state index in [1.807, 2.05) is 0 Å². The fourth-order valence-corrected chi connectivity index (χ4v) is 2.96. The topological polar surface area (TPSA) is 32.6 Å². The maximum Gasteiger partial charge on any atom is 0.195 e. The monoisotopic (exact) mass is 294 g/mol. The Morgan fingerprint density at radius 3 is 2.95 bits per heavy atom. The molecule has 5 heteroatoms. The number of thiazole rings is 1. The molecule has 0 aliphatic carbocycles. The van der Waals surface area contributed by atoms with Gasteiger partial charge in [-0.25, -0.2) is 4.98 Å². The van der Waals surface area contributed by atoms with Gasteiger partial charge < -0.3 is 10.2 Å². The normalized spacial score (nSPS) is 11.7. The van der Waals surface area contributed by atoms with E-state index >= 15 is 0 Å². The summed E-state index contributed by atoms with van der Waals surface area (Å²) in [5.74, 6) is 1.85. The highest BCUT2D eigenvalue weighted by Gasteiger charge is 2.16. The van der Waals surface area contributed by atoms with E-state index in [2.05, 4.69) is 54.0 Å². The number of aromatic nitrogens is 2. The van der Waals surface area contributed by atoms with Crippen LogP contribution in [0.1, 0.15) is 39.3 Å². The largest absolute Gasteiger partial charge is 0.358 e. The zero-order valence-electron chi connectivity index (χ0n) is 13.0. The van der Waals surface area contributed by atoms with Crippen molar-refractivity contribution in [3.05, 3.63) is 17.3 Å². The predicted octanol–water partition coefficient (Wildman–Crippen LogP) is 3.38. The van der Waals surface area contributed by atoms with Gasteiger partial charge in [0, 0.05) is 31.7 Å². The molecule has 0 unspecified atom stereocenters. The number of imidazole rings is 1. The van der Waals surface area contributed by atoms with Crippen molar-refractivity contribution in [1.82, 2.24) is 14.7 Å². The average molecular weight is 294 g/mol. The maximum absolute atomic E-state index is 4.80. The van der Waals surface area contributed by atoms with E-state index < -0.39 is 0 Å². The molecule has 0 fully saturated rings. The molecule has 0 aliphatic rings. The van der Waals surface area contributed by atoms with Gasteiger partial charge in [0.15, 0.2) is 10.8 Å². The minimum Gasteiger partial charge on any atom is -0.358 e. The first-order valence-corrected chi connectivity index (χ1v) is 8.37. The van der Waals surface area contributed by atoms with Crippen molar-refractivity contribution in [2.75, 3.05) is 25.0 Å². The van der Waals surface area contributed by atoms with Crippen LogP contribution in [0.2, 0.25) is 0 Å². The maximum atomic E-state index is 4.80. The second kappa shape index (κ2) is 7.09. The molecule has 2 rings (SSSR count). The SMILES string of the molecule is CCCNCc1c(N(C)CCC(C)C)nc2sccn12. The van der Waals surface area contributed by atoms with Crippen LogP contribution in [0.5, 0.6) is 0 Å². The number of rotatable bonds is 8. The molecule has 1 N–H and O–H groups in total. The molecule has 4 nitrogen and oxygen atoms in total. The van der Waals surface area contributed by atoms with E-state index in [-0.39, 0.29) is 0 Å². The molecule has 2 heterocycles. The molecule has 2 aromatic heterocycles. The first-order chi connectivity index (χ1) is 9.63. The lowest BCUT2D eigenvalue weighted by atomic mass is 10.1. The average Bonchev–Trinajstić information content (AvgIpc) is 2.98. The Kier molecular flexibility index (Phi) is 5.43. The van der Waals surface area contributed by atoms with Crippen molar-refractivity contribution in [2.24, 2.45) is 5.92 Å². The van der Waals surface area contributed by atoms with Crippen molar-refractivity contribution < 1.29 is 0 Å². The summed E-state index contributed by atoms with van der Waals surface area (Å²) >= 11 is 1.70. The Morgan fingerprint density at radius 2 is 2.25 bits per heavy atom. The Hall–Kier alpha value is -1.07. The molecule has 0 saturated carbocycles. The number of hydrogen-bond donors (Lipinski definition) is 1. The van der Waals surface area contributed by atoms with Gasteiger partial charge in [-0.05, 0) is 25.3 Å². The minimum absolute atomic E-state index is 0.725. The van der Waals surface area contributed by atoms with Crippen molar-refractivity contribution in [3.8, 4) is 0 Å². The molecule has 2 aromatic rings. The van der Waals surface area contributed by atoms with Crippen LogP contribution in [0.4, 0.5) is 5.82 Å². The molecule has 0 aromatic carbocycles. The third-order valence-corrected chi connectivity index (χ3v) is 4.22. The Bertz CT molecular complexity index is 529. The van der Waals surface area contributed by atoms with Gasteiger partial charge >= 0.3 is 0 Å². The fourth-order valence-electron chi connectivity index (χ4n) is 2.23. The van der Waals surface area contributed by atoms with E-state index in [4.69, 9.17) is 4.98 Å².